The van der Waals surface area contributed by atoms with E-state index in [-0.39, 0.29) is 48.1 Å². The van der Waals surface area contributed by atoms with Gasteiger partial charge in [0.2, 0.25) is 11.9 Å². The molecule has 5 amide bonds. The van der Waals surface area contributed by atoms with Crippen LogP contribution >= 0.6 is 0 Å². The molecule has 6 N–H and O–H groups in total. The Morgan fingerprint density at radius 2 is 1.00 bits per heavy atom. The number of nitrogens with zero attached hydrogens (tertiary/aromatic N) is 8. The lowest BCUT2D eigenvalue weighted by atomic mass is 10.0. The first kappa shape index (κ1) is 50.6. The molecule has 71 heavy (non-hydrogen) atoms. The summed E-state index contributed by atoms with van der Waals surface area (Å²) < 4.78 is 58.8. The molecule has 4 aromatic carbocycles. The minimum Gasteiger partial charge on any atom is -0.478 e. The number of nitrogens with one attached hydrogen (secondary N) is 5. The zero-order valence-electron chi connectivity index (χ0n) is 39.4. The smallest absolute Gasteiger partial charge is 0.335 e. The first-order chi connectivity index (χ1) is 34.1. The number of para-hydroxylation sites is 2. The fourth-order valence-corrected chi connectivity index (χ4v) is 7.45. The largest absolute Gasteiger partial charge is 0.478 e. The van der Waals surface area contributed by atoms with E-state index in [0.29, 0.717) is 71.9 Å². The normalized spacial score (nSPS) is 12.9. The van der Waals surface area contributed by atoms with Gasteiger partial charge in [-0.15, -0.1) is 0 Å². The number of hydrogen-bond donors (Lipinski definition) is 6. The monoisotopic (exact) mass is 977 g/mol. The van der Waals surface area contributed by atoms with E-state index in [2.05, 4.69) is 46.5 Å². The highest BCUT2D eigenvalue weighted by molar-refractivity contribution is 6.03. The molecular formula is C49H51F4N13O5. The van der Waals surface area contributed by atoms with Crippen LogP contribution in [0.25, 0.3) is 22.5 Å². The van der Waals surface area contributed by atoms with Crippen LogP contribution in [0.5, 0.6) is 0 Å². The van der Waals surface area contributed by atoms with Crippen molar-refractivity contribution >= 4 is 58.8 Å². The van der Waals surface area contributed by atoms with E-state index in [0.717, 1.165) is 40.5 Å². The number of rotatable bonds is 16. The summed E-state index contributed by atoms with van der Waals surface area (Å²) in [7, 11) is 7.65. The molecule has 22 heteroatoms. The summed E-state index contributed by atoms with van der Waals surface area (Å²) in [5, 5.41) is 23.5. The summed E-state index contributed by atoms with van der Waals surface area (Å²) in [4.78, 5) is 73.1. The van der Waals surface area contributed by atoms with Gasteiger partial charge in [0.15, 0.2) is 11.6 Å². The van der Waals surface area contributed by atoms with Crippen LogP contribution in [0.3, 0.4) is 0 Å². The van der Waals surface area contributed by atoms with Crippen molar-refractivity contribution in [3.63, 3.8) is 0 Å². The van der Waals surface area contributed by atoms with Gasteiger partial charge in [-0.05, 0) is 83.1 Å². The molecule has 4 heterocycles. The third-order valence-electron chi connectivity index (χ3n) is 11.0. The Morgan fingerprint density at radius 3 is 1.37 bits per heavy atom. The zero-order valence-corrected chi connectivity index (χ0v) is 39.4. The second-order valence-corrected chi connectivity index (χ2v) is 16.7. The highest BCUT2D eigenvalue weighted by atomic mass is 19.1. The lowest BCUT2D eigenvalue weighted by Crippen LogP contribution is -2.43. The van der Waals surface area contributed by atoms with E-state index in [1.54, 1.807) is 36.4 Å². The van der Waals surface area contributed by atoms with Gasteiger partial charge in [0.1, 0.15) is 34.6 Å². The van der Waals surface area contributed by atoms with Crippen molar-refractivity contribution < 1.29 is 41.8 Å². The van der Waals surface area contributed by atoms with E-state index in [9.17, 15) is 41.8 Å². The van der Waals surface area contributed by atoms with Crippen LogP contribution in [0.2, 0.25) is 0 Å². The summed E-state index contributed by atoms with van der Waals surface area (Å²) in [5.74, 6) is -4.41. The van der Waals surface area contributed by atoms with Crippen LogP contribution in [0.15, 0.2) is 84.9 Å². The lowest BCUT2D eigenvalue weighted by molar-refractivity contribution is 0.0696. The second-order valence-electron chi connectivity index (χ2n) is 16.7. The number of carboxylic acids is 1. The average molecular weight is 978 g/mol. The van der Waals surface area contributed by atoms with E-state index in [1.807, 2.05) is 44.9 Å². The molecule has 0 radical (unpaired) electrons. The van der Waals surface area contributed by atoms with Gasteiger partial charge in [-0.25, -0.2) is 51.7 Å². The summed E-state index contributed by atoms with van der Waals surface area (Å²) in [5.41, 5.74) is 2.53. The topological polar surface area (TPSA) is 213 Å². The summed E-state index contributed by atoms with van der Waals surface area (Å²) in [6, 6.07) is 18.2. The molecule has 2 aliphatic rings. The Kier molecular flexibility index (Phi) is 16.0. The number of carbonyl (C=O) groups is 4. The first-order valence-corrected chi connectivity index (χ1v) is 22.4. The Bertz CT molecular complexity index is 2900. The maximum Gasteiger partial charge on any atom is 0.335 e. The van der Waals surface area contributed by atoms with Crippen molar-refractivity contribution in [2.24, 2.45) is 0 Å². The predicted molar refractivity (Wildman–Crippen MR) is 260 cm³/mol. The number of carbonyl (C=O) groups excluding carboxylic acids is 3. The van der Waals surface area contributed by atoms with Crippen molar-refractivity contribution in [2.45, 2.75) is 26.4 Å². The summed E-state index contributed by atoms with van der Waals surface area (Å²) in [6.07, 6.45) is 0.825. The number of aromatic carboxylic acids is 1. The molecule has 0 atom stereocenters. The number of benzene rings is 4. The molecule has 0 unspecified atom stereocenters. The van der Waals surface area contributed by atoms with E-state index in [4.69, 9.17) is 0 Å². The van der Waals surface area contributed by atoms with Crippen LogP contribution in [-0.4, -0.2) is 120 Å². The van der Waals surface area contributed by atoms with Gasteiger partial charge < -0.3 is 41.5 Å². The van der Waals surface area contributed by atoms with Gasteiger partial charge in [0.05, 0.1) is 30.0 Å². The van der Waals surface area contributed by atoms with Crippen LogP contribution in [0, 0.1) is 23.3 Å². The lowest BCUT2D eigenvalue weighted by Gasteiger charge is -2.30. The molecule has 370 valence electrons. The van der Waals surface area contributed by atoms with Crippen molar-refractivity contribution in [1.82, 2.24) is 45.7 Å². The van der Waals surface area contributed by atoms with Crippen LogP contribution in [0.4, 0.5) is 62.1 Å². The van der Waals surface area contributed by atoms with Gasteiger partial charge in [-0.3, -0.25) is 4.79 Å². The summed E-state index contributed by atoms with van der Waals surface area (Å²) in [6.45, 7) is 4.96. The standard InChI is InChI=1S/C26H29F2N7O2.C23H22F2N6O3/c1-4-12-29-24(36)17-10-8-16(9-11-17)21-18-15-31-26(37)35(22-19(27)6-5-7-20(22)28)23(18)33-25(32-21)30-13-14-34(2)3;1-30(2)11-10-26-22-28-18(13-6-8-14(9-7-13)21(32)33)15-12-27-23(34)31(20(15)29-22)19-16(24)4-3-5-17(19)25/h5-11H,4,12-15H2,1-3H3,(H,29,36)(H,31,37)(H,30,32,33);3-9H,10-12H2,1-2H3,(H,27,34)(H,32,33)(H,26,28,29). The number of anilines is 6. The molecule has 0 bridgehead atoms. The Morgan fingerprint density at radius 1 is 0.606 bits per heavy atom. The van der Waals surface area contributed by atoms with E-state index < -0.39 is 52.7 Å². The molecule has 0 saturated carbocycles. The number of amides is 5. The molecular weight excluding hydrogens is 927 g/mol. The van der Waals surface area contributed by atoms with Crippen LogP contribution in [0.1, 0.15) is 45.2 Å². The highest BCUT2D eigenvalue weighted by Gasteiger charge is 2.36. The van der Waals surface area contributed by atoms with Gasteiger partial charge in [-0.1, -0.05) is 43.3 Å². The number of hydrogen-bond acceptors (Lipinski definition) is 12. The maximum atomic E-state index is 14.8. The molecule has 6 aromatic rings. The van der Waals surface area contributed by atoms with Crippen molar-refractivity contribution in [3.8, 4) is 22.5 Å². The molecule has 0 aliphatic carbocycles. The van der Waals surface area contributed by atoms with Crippen molar-refractivity contribution in [1.29, 1.82) is 0 Å². The first-order valence-electron chi connectivity index (χ1n) is 22.4. The third-order valence-corrected chi connectivity index (χ3v) is 11.0. The van der Waals surface area contributed by atoms with Crippen molar-refractivity contribution in [2.75, 3.05) is 81.3 Å². The Hall–Kier alpha value is -8.24. The fourth-order valence-electron chi connectivity index (χ4n) is 7.45. The minimum atomic E-state index is -1.07. The SMILES string of the molecule is CCCNC(=O)c1ccc(-c2nc(NCCN(C)C)nc3c2CNC(=O)N3c2c(F)cccc2F)cc1.CN(C)CCNc1nc(-c2ccc(C(=O)O)cc2)c2c(n1)N(c1c(F)cccc1F)C(=O)NC2. The number of halogens is 4. The Labute approximate surface area is 406 Å². The number of urea groups is 2. The Balaban J connectivity index is 0.000000209. The molecule has 0 spiro atoms. The zero-order chi connectivity index (χ0) is 50.9. The number of carboxylic acid groups (broad SMARTS) is 1. The van der Waals surface area contributed by atoms with Gasteiger partial charge in [0, 0.05) is 60.5 Å². The van der Waals surface area contributed by atoms with E-state index >= 15 is 0 Å². The van der Waals surface area contributed by atoms with E-state index in [1.165, 1.54) is 24.3 Å². The van der Waals surface area contributed by atoms with Crippen LogP contribution < -0.4 is 36.4 Å². The number of likely N-dealkylation sites (N-methyl/N-ethyl adjacent to an activating group) is 2. The van der Waals surface area contributed by atoms with Crippen molar-refractivity contribution in [3.05, 3.63) is 130 Å². The maximum absolute atomic E-state index is 14.8. The molecule has 18 nitrogen and oxygen atoms in total. The molecule has 8 rings (SSSR count). The molecule has 0 fully saturated rings. The quantitative estimate of drug-likeness (QED) is 0.0525. The molecule has 2 aliphatic heterocycles. The molecule has 2 aromatic heterocycles. The second kappa shape index (κ2) is 22.5. The highest BCUT2D eigenvalue weighted by Crippen LogP contribution is 2.40. The van der Waals surface area contributed by atoms with Gasteiger partial charge >= 0.3 is 18.0 Å². The summed E-state index contributed by atoms with van der Waals surface area (Å²) >= 11 is 0. The van der Waals surface area contributed by atoms with Crippen LogP contribution in [-0.2, 0) is 13.1 Å². The fraction of sp³-hybridized carbons (Fsp3) is 0.265. The molecule has 0 saturated heterocycles. The van der Waals surface area contributed by atoms with Gasteiger partial charge in [-0.2, -0.15) is 9.97 Å². The van der Waals surface area contributed by atoms with Gasteiger partial charge in [0.25, 0.3) is 5.91 Å². The third kappa shape index (κ3) is 11.6. The average Bonchev–Trinajstić information content (AvgIpc) is 3.34. The predicted octanol–water partition coefficient (Wildman–Crippen LogP) is 7.35. The number of fused-ring (bicyclic) bond motifs is 2. The minimum absolute atomic E-state index is 0.0226. The number of aromatic nitrogens is 4.